The van der Waals surface area contributed by atoms with E-state index in [4.69, 9.17) is 9.47 Å². The van der Waals surface area contributed by atoms with Crippen molar-refractivity contribution in [3.8, 4) is 0 Å². The van der Waals surface area contributed by atoms with Gasteiger partial charge in [0, 0.05) is 26.8 Å². The predicted molar refractivity (Wildman–Crippen MR) is 73.4 cm³/mol. The number of hydrogen-bond acceptors (Lipinski definition) is 3. The van der Waals surface area contributed by atoms with Crippen molar-refractivity contribution in [2.75, 3.05) is 27.4 Å². The molecule has 0 aromatic carbocycles. The van der Waals surface area contributed by atoms with Crippen LogP contribution in [0.4, 0.5) is 0 Å². The SMILES string of the molecule is COCC(CNC(CC(C)C)CC(C)C)OC. The van der Waals surface area contributed by atoms with Gasteiger partial charge in [-0.3, -0.25) is 0 Å². The molecule has 0 saturated carbocycles. The Morgan fingerprint density at radius 1 is 0.941 bits per heavy atom. The normalized spacial score (nSPS) is 13.9. The van der Waals surface area contributed by atoms with Gasteiger partial charge in [-0.1, -0.05) is 27.7 Å². The van der Waals surface area contributed by atoms with Gasteiger partial charge >= 0.3 is 0 Å². The topological polar surface area (TPSA) is 30.5 Å². The van der Waals surface area contributed by atoms with Crippen molar-refractivity contribution in [1.29, 1.82) is 0 Å². The Morgan fingerprint density at radius 2 is 1.47 bits per heavy atom. The molecule has 0 amide bonds. The molecule has 0 rings (SSSR count). The van der Waals surface area contributed by atoms with Crippen LogP contribution >= 0.6 is 0 Å². The first-order valence-corrected chi connectivity index (χ1v) is 6.74. The third kappa shape index (κ3) is 9.57. The molecule has 1 unspecified atom stereocenters. The van der Waals surface area contributed by atoms with Gasteiger partial charge in [-0.25, -0.2) is 0 Å². The fourth-order valence-corrected chi connectivity index (χ4v) is 2.10. The largest absolute Gasteiger partial charge is 0.382 e. The zero-order valence-corrected chi connectivity index (χ0v) is 12.5. The van der Waals surface area contributed by atoms with E-state index in [0.29, 0.717) is 12.6 Å². The standard InChI is InChI=1S/C14H31NO2/c1-11(2)7-13(8-12(3)4)15-9-14(17-6)10-16-5/h11-15H,7-10H2,1-6H3. The second-order valence-corrected chi connectivity index (χ2v) is 5.68. The number of nitrogens with one attached hydrogen (secondary N) is 1. The van der Waals surface area contributed by atoms with E-state index in [1.54, 1.807) is 14.2 Å². The number of hydrogen-bond donors (Lipinski definition) is 1. The Bertz CT molecular complexity index is 162. The average molecular weight is 245 g/mol. The van der Waals surface area contributed by atoms with Crippen LogP contribution < -0.4 is 5.32 Å². The van der Waals surface area contributed by atoms with E-state index >= 15 is 0 Å². The first kappa shape index (κ1) is 16.9. The molecule has 104 valence electrons. The molecule has 0 fully saturated rings. The van der Waals surface area contributed by atoms with Gasteiger partial charge in [-0.05, 0) is 24.7 Å². The van der Waals surface area contributed by atoms with Crippen molar-refractivity contribution in [1.82, 2.24) is 5.32 Å². The summed E-state index contributed by atoms with van der Waals surface area (Å²) in [6, 6.07) is 0.588. The summed E-state index contributed by atoms with van der Waals surface area (Å²) >= 11 is 0. The van der Waals surface area contributed by atoms with E-state index < -0.39 is 0 Å². The number of ether oxygens (including phenoxy) is 2. The molecular weight excluding hydrogens is 214 g/mol. The molecule has 1 N–H and O–H groups in total. The van der Waals surface area contributed by atoms with Crippen LogP contribution in [0.15, 0.2) is 0 Å². The molecule has 0 saturated heterocycles. The van der Waals surface area contributed by atoms with Crippen LogP contribution in [0.25, 0.3) is 0 Å². The fraction of sp³-hybridized carbons (Fsp3) is 1.00. The van der Waals surface area contributed by atoms with Gasteiger partial charge in [0.2, 0.25) is 0 Å². The van der Waals surface area contributed by atoms with Crippen molar-refractivity contribution in [3.63, 3.8) is 0 Å². The van der Waals surface area contributed by atoms with Gasteiger partial charge < -0.3 is 14.8 Å². The maximum Gasteiger partial charge on any atom is 0.0928 e. The maximum absolute atomic E-state index is 5.36. The van der Waals surface area contributed by atoms with Crippen molar-refractivity contribution < 1.29 is 9.47 Å². The minimum atomic E-state index is 0.154. The molecule has 0 spiro atoms. The molecule has 0 aromatic heterocycles. The van der Waals surface area contributed by atoms with Gasteiger partial charge in [0.05, 0.1) is 12.7 Å². The van der Waals surface area contributed by atoms with Crippen LogP contribution in [-0.4, -0.2) is 39.5 Å². The first-order valence-electron chi connectivity index (χ1n) is 6.74. The quantitative estimate of drug-likeness (QED) is 0.642. The lowest BCUT2D eigenvalue weighted by molar-refractivity contribution is 0.0265. The molecule has 0 bridgehead atoms. The second kappa shape index (κ2) is 9.86. The molecule has 0 aliphatic heterocycles. The first-order chi connectivity index (χ1) is 7.99. The van der Waals surface area contributed by atoms with Gasteiger partial charge in [0.15, 0.2) is 0 Å². The van der Waals surface area contributed by atoms with E-state index in [1.165, 1.54) is 12.8 Å². The van der Waals surface area contributed by atoms with Crippen LogP contribution in [-0.2, 0) is 9.47 Å². The molecule has 0 radical (unpaired) electrons. The number of rotatable bonds is 10. The Labute approximate surface area is 107 Å². The highest BCUT2D eigenvalue weighted by Gasteiger charge is 2.15. The Morgan fingerprint density at radius 3 is 1.82 bits per heavy atom. The second-order valence-electron chi connectivity index (χ2n) is 5.68. The maximum atomic E-state index is 5.36. The van der Waals surface area contributed by atoms with E-state index in [-0.39, 0.29) is 6.10 Å². The van der Waals surface area contributed by atoms with E-state index in [2.05, 4.69) is 33.0 Å². The van der Waals surface area contributed by atoms with Gasteiger partial charge in [0.25, 0.3) is 0 Å². The molecule has 0 heterocycles. The van der Waals surface area contributed by atoms with Crippen molar-refractivity contribution >= 4 is 0 Å². The third-order valence-electron chi connectivity index (χ3n) is 2.83. The van der Waals surface area contributed by atoms with Gasteiger partial charge in [-0.15, -0.1) is 0 Å². The lowest BCUT2D eigenvalue weighted by Gasteiger charge is -2.25. The minimum Gasteiger partial charge on any atom is -0.382 e. The van der Waals surface area contributed by atoms with Crippen LogP contribution in [0.5, 0.6) is 0 Å². The summed E-state index contributed by atoms with van der Waals surface area (Å²) in [7, 11) is 3.46. The summed E-state index contributed by atoms with van der Waals surface area (Å²) < 4.78 is 10.5. The predicted octanol–water partition coefficient (Wildman–Crippen LogP) is 2.70. The van der Waals surface area contributed by atoms with E-state index in [9.17, 15) is 0 Å². The minimum absolute atomic E-state index is 0.154. The smallest absolute Gasteiger partial charge is 0.0928 e. The lowest BCUT2D eigenvalue weighted by Crippen LogP contribution is -2.39. The Hall–Kier alpha value is -0.120. The van der Waals surface area contributed by atoms with Crippen molar-refractivity contribution in [3.05, 3.63) is 0 Å². The van der Waals surface area contributed by atoms with Crippen molar-refractivity contribution in [2.24, 2.45) is 11.8 Å². The zero-order valence-electron chi connectivity index (χ0n) is 12.5. The summed E-state index contributed by atoms with van der Waals surface area (Å²) in [5.74, 6) is 1.46. The van der Waals surface area contributed by atoms with Gasteiger partial charge in [-0.2, -0.15) is 0 Å². The fourth-order valence-electron chi connectivity index (χ4n) is 2.10. The highest BCUT2D eigenvalue weighted by atomic mass is 16.5. The van der Waals surface area contributed by atoms with Gasteiger partial charge in [0.1, 0.15) is 0 Å². The molecule has 0 aliphatic carbocycles. The summed E-state index contributed by atoms with van der Waals surface area (Å²) in [4.78, 5) is 0. The summed E-state index contributed by atoms with van der Waals surface area (Å²) in [5.41, 5.74) is 0. The molecular formula is C14H31NO2. The molecule has 0 aliphatic rings. The monoisotopic (exact) mass is 245 g/mol. The third-order valence-corrected chi connectivity index (χ3v) is 2.83. The molecule has 1 atom stereocenters. The van der Waals surface area contributed by atoms with Crippen LogP contribution in [0.1, 0.15) is 40.5 Å². The summed E-state index contributed by atoms with van der Waals surface area (Å²) in [5, 5.41) is 3.61. The molecule has 17 heavy (non-hydrogen) atoms. The highest BCUT2D eigenvalue weighted by Crippen LogP contribution is 2.13. The molecule has 3 heteroatoms. The van der Waals surface area contributed by atoms with E-state index in [0.717, 1.165) is 18.4 Å². The summed E-state index contributed by atoms with van der Waals surface area (Å²) in [6.45, 7) is 10.6. The Kier molecular flexibility index (Phi) is 9.79. The summed E-state index contributed by atoms with van der Waals surface area (Å²) in [6.07, 6.45) is 2.60. The molecule has 0 aromatic rings. The average Bonchev–Trinajstić information content (AvgIpc) is 2.22. The number of methoxy groups -OCH3 is 2. The van der Waals surface area contributed by atoms with Crippen LogP contribution in [0.2, 0.25) is 0 Å². The highest BCUT2D eigenvalue weighted by molar-refractivity contribution is 4.73. The molecule has 3 nitrogen and oxygen atoms in total. The van der Waals surface area contributed by atoms with E-state index in [1.807, 2.05) is 0 Å². The van der Waals surface area contributed by atoms with Crippen LogP contribution in [0.3, 0.4) is 0 Å². The van der Waals surface area contributed by atoms with Crippen LogP contribution in [0, 0.1) is 11.8 Å². The van der Waals surface area contributed by atoms with Crippen molar-refractivity contribution in [2.45, 2.75) is 52.7 Å². The lowest BCUT2D eigenvalue weighted by atomic mass is 9.95. The Balaban J connectivity index is 4.03. The zero-order chi connectivity index (χ0) is 13.3.